The Morgan fingerprint density at radius 1 is 0.833 bits per heavy atom. The number of rotatable bonds is 22. The quantitative estimate of drug-likeness (QED) is 0.0751. The van der Waals surface area contributed by atoms with Crippen molar-refractivity contribution in [2.45, 2.75) is 122 Å². The molecule has 6 atom stereocenters. The maximum Gasteiger partial charge on any atom is 0.338 e. The highest BCUT2D eigenvalue weighted by atomic mass is 16.7. The van der Waals surface area contributed by atoms with Crippen LogP contribution in [0, 0.1) is 0 Å². The zero-order valence-corrected chi connectivity index (χ0v) is 28.3. The summed E-state index contributed by atoms with van der Waals surface area (Å²) in [4.78, 5) is 48.4. The van der Waals surface area contributed by atoms with Gasteiger partial charge in [-0.15, -0.1) is 0 Å². The van der Waals surface area contributed by atoms with Crippen LogP contribution in [0.15, 0.2) is 54.6 Å². The zero-order valence-electron chi connectivity index (χ0n) is 28.3. The molecule has 2 rings (SSSR count). The highest BCUT2D eigenvalue weighted by Crippen LogP contribution is 2.28. The van der Waals surface area contributed by atoms with Gasteiger partial charge in [0.05, 0.1) is 12.2 Å². The minimum Gasteiger partial charge on any atom is -0.463 e. The fourth-order valence-corrected chi connectivity index (χ4v) is 4.87. The van der Waals surface area contributed by atoms with Crippen molar-refractivity contribution < 1.29 is 57.8 Å². The van der Waals surface area contributed by atoms with Crippen LogP contribution in [0.1, 0.15) is 95.3 Å². The molecule has 268 valence electrons. The summed E-state index contributed by atoms with van der Waals surface area (Å²) in [5, 5.41) is 21.4. The van der Waals surface area contributed by atoms with Gasteiger partial charge in [0.25, 0.3) is 0 Å². The van der Waals surface area contributed by atoms with Crippen LogP contribution in [-0.4, -0.2) is 90.7 Å². The van der Waals surface area contributed by atoms with Crippen molar-refractivity contribution in [1.29, 1.82) is 0 Å². The van der Waals surface area contributed by atoms with Gasteiger partial charge in [-0.25, -0.2) is 4.79 Å². The lowest BCUT2D eigenvalue weighted by Gasteiger charge is -2.42. The highest BCUT2D eigenvalue weighted by molar-refractivity contribution is 5.89. The molecule has 0 bridgehead atoms. The molecule has 48 heavy (non-hydrogen) atoms. The normalized spacial score (nSPS) is 21.6. The van der Waals surface area contributed by atoms with E-state index in [-0.39, 0.29) is 18.6 Å². The summed E-state index contributed by atoms with van der Waals surface area (Å²) in [6.07, 6.45) is 9.77. The number of carbonyl (C=O) groups excluding carboxylic acids is 4. The molecule has 2 N–H and O–H groups in total. The Morgan fingerprint density at radius 3 is 2.17 bits per heavy atom. The molecule has 1 aliphatic rings. The molecule has 0 saturated carbocycles. The van der Waals surface area contributed by atoms with Gasteiger partial charge in [-0.1, -0.05) is 75.1 Å². The standard InChI is InChI=1S/C36H52O12/c1-4-5-6-7-8-9-10-11-12-13-14-15-19-22-31(40)43-23-29(39)24-45-36-34(47-27(3)38)33(46-26(2)37)32(41)30(48-36)25-44-35(42)28-20-17-16-18-21-28/h6-7,9-10,16-18,20-21,29-30,32-34,36,39,41H,4-5,8,11-15,19,22-25H2,1-3H3/b7-6+,10-9+. The topological polar surface area (TPSA) is 164 Å². The number of aliphatic hydroxyl groups is 2. The molecule has 1 fully saturated rings. The number of ether oxygens (including phenoxy) is 6. The number of benzene rings is 1. The molecule has 6 unspecified atom stereocenters. The predicted octanol–water partition coefficient (Wildman–Crippen LogP) is 4.75. The first kappa shape index (κ1) is 40.6. The first-order chi connectivity index (χ1) is 23.1. The molecule has 0 amide bonds. The van der Waals surface area contributed by atoms with Crippen LogP contribution in [-0.2, 0) is 42.8 Å². The summed E-state index contributed by atoms with van der Waals surface area (Å²) < 4.78 is 32.4. The van der Waals surface area contributed by atoms with E-state index >= 15 is 0 Å². The maximum absolute atomic E-state index is 12.5. The van der Waals surface area contributed by atoms with E-state index in [1.54, 1.807) is 30.3 Å². The maximum atomic E-state index is 12.5. The number of hydrogen-bond acceptors (Lipinski definition) is 12. The Hall–Kier alpha value is -3.58. The van der Waals surface area contributed by atoms with Crippen molar-refractivity contribution in [3.05, 3.63) is 60.2 Å². The second-order valence-electron chi connectivity index (χ2n) is 11.6. The SMILES string of the molecule is CCC/C=C/C/C=C/CCCCCCCC(=O)OCC(O)COC1OC(COC(=O)c2ccccc2)C(O)C(OC(C)=O)C1OC(C)=O. The Kier molecular flexibility index (Phi) is 20.0. The van der Waals surface area contributed by atoms with E-state index in [4.69, 9.17) is 28.4 Å². The zero-order chi connectivity index (χ0) is 35.1. The average molecular weight is 677 g/mol. The molecule has 1 saturated heterocycles. The second kappa shape index (κ2) is 23.7. The van der Waals surface area contributed by atoms with Gasteiger partial charge < -0.3 is 38.6 Å². The van der Waals surface area contributed by atoms with E-state index in [0.717, 1.165) is 58.8 Å². The van der Waals surface area contributed by atoms with Gasteiger partial charge in [0.2, 0.25) is 0 Å². The first-order valence-corrected chi connectivity index (χ1v) is 16.8. The molecule has 1 aliphatic heterocycles. The van der Waals surface area contributed by atoms with Gasteiger partial charge in [-0.05, 0) is 44.2 Å². The molecule has 1 aromatic carbocycles. The van der Waals surface area contributed by atoms with E-state index in [2.05, 4.69) is 31.2 Å². The van der Waals surface area contributed by atoms with Crippen LogP contribution in [0.4, 0.5) is 0 Å². The molecule has 1 heterocycles. The van der Waals surface area contributed by atoms with E-state index in [1.165, 1.54) is 6.42 Å². The Morgan fingerprint density at radius 2 is 1.48 bits per heavy atom. The molecular formula is C36H52O12. The van der Waals surface area contributed by atoms with E-state index < -0.39 is 73.9 Å². The van der Waals surface area contributed by atoms with Gasteiger partial charge in [-0.3, -0.25) is 14.4 Å². The van der Waals surface area contributed by atoms with Crippen LogP contribution < -0.4 is 0 Å². The summed E-state index contributed by atoms with van der Waals surface area (Å²) >= 11 is 0. The molecular weight excluding hydrogens is 624 g/mol. The highest BCUT2D eigenvalue weighted by Gasteiger charge is 2.50. The summed E-state index contributed by atoms with van der Waals surface area (Å²) in [5.41, 5.74) is 0.271. The monoisotopic (exact) mass is 676 g/mol. The summed E-state index contributed by atoms with van der Waals surface area (Å²) in [6, 6.07) is 8.15. The summed E-state index contributed by atoms with van der Waals surface area (Å²) in [6.45, 7) is 3.17. The molecule has 12 nitrogen and oxygen atoms in total. The van der Waals surface area contributed by atoms with Crippen LogP contribution in [0.2, 0.25) is 0 Å². The van der Waals surface area contributed by atoms with E-state index in [1.807, 2.05) is 0 Å². The second-order valence-corrected chi connectivity index (χ2v) is 11.6. The number of carbonyl (C=O) groups is 4. The number of unbranched alkanes of at least 4 members (excludes halogenated alkanes) is 6. The fraction of sp³-hybridized carbons (Fsp3) is 0.611. The Bertz CT molecular complexity index is 1150. The summed E-state index contributed by atoms with van der Waals surface area (Å²) in [5.74, 6) is -2.67. The largest absolute Gasteiger partial charge is 0.463 e. The molecule has 0 aromatic heterocycles. The third kappa shape index (κ3) is 16.5. The van der Waals surface area contributed by atoms with Crippen LogP contribution >= 0.6 is 0 Å². The predicted molar refractivity (Wildman–Crippen MR) is 176 cm³/mol. The van der Waals surface area contributed by atoms with Crippen molar-refractivity contribution in [2.24, 2.45) is 0 Å². The van der Waals surface area contributed by atoms with E-state index in [0.29, 0.717) is 6.42 Å². The van der Waals surface area contributed by atoms with Gasteiger partial charge in [0.15, 0.2) is 18.5 Å². The van der Waals surface area contributed by atoms with Gasteiger partial charge in [0.1, 0.15) is 31.5 Å². The number of esters is 4. The first-order valence-electron chi connectivity index (χ1n) is 16.8. The lowest BCUT2D eigenvalue weighted by atomic mass is 9.98. The molecule has 1 aromatic rings. The van der Waals surface area contributed by atoms with Crippen molar-refractivity contribution in [2.75, 3.05) is 19.8 Å². The number of hydrogen-bond donors (Lipinski definition) is 2. The smallest absolute Gasteiger partial charge is 0.338 e. The number of aliphatic hydroxyl groups excluding tert-OH is 2. The Labute approximate surface area is 283 Å². The van der Waals surface area contributed by atoms with E-state index in [9.17, 15) is 29.4 Å². The lowest BCUT2D eigenvalue weighted by Crippen LogP contribution is -2.62. The van der Waals surface area contributed by atoms with Crippen LogP contribution in [0.3, 0.4) is 0 Å². The third-order valence-corrected chi connectivity index (χ3v) is 7.31. The van der Waals surface area contributed by atoms with Crippen molar-refractivity contribution >= 4 is 23.9 Å². The minimum atomic E-state index is -1.56. The van der Waals surface area contributed by atoms with Crippen LogP contribution in [0.5, 0.6) is 0 Å². The molecule has 0 aliphatic carbocycles. The molecule has 0 spiro atoms. The molecule has 0 radical (unpaired) electrons. The van der Waals surface area contributed by atoms with Gasteiger partial charge >= 0.3 is 23.9 Å². The van der Waals surface area contributed by atoms with Crippen molar-refractivity contribution in [3.63, 3.8) is 0 Å². The third-order valence-electron chi connectivity index (χ3n) is 7.31. The minimum absolute atomic E-state index is 0.225. The van der Waals surface area contributed by atoms with Crippen molar-refractivity contribution in [1.82, 2.24) is 0 Å². The number of allylic oxidation sites excluding steroid dienone is 4. The average Bonchev–Trinajstić information content (AvgIpc) is 3.06. The van der Waals surface area contributed by atoms with Crippen LogP contribution in [0.25, 0.3) is 0 Å². The fourth-order valence-electron chi connectivity index (χ4n) is 4.87. The van der Waals surface area contributed by atoms with Gasteiger partial charge in [0, 0.05) is 20.3 Å². The van der Waals surface area contributed by atoms with Gasteiger partial charge in [-0.2, -0.15) is 0 Å². The molecule has 12 heteroatoms. The lowest BCUT2D eigenvalue weighted by molar-refractivity contribution is -0.309. The van der Waals surface area contributed by atoms with Crippen molar-refractivity contribution in [3.8, 4) is 0 Å². The summed E-state index contributed by atoms with van der Waals surface area (Å²) in [7, 11) is 0. The Balaban J connectivity index is 1.79.